The third-order valence-electron chi connectivity index (χ3n) is 3.65. The first-order chi connectivity index (χ1) is 11.9. The van der Waals surface area contributed by atoms with Gasteiger partial charge in [-0.25, -0.2) is 8.78 Å². The lowest BCUT2D eigenvalue weighted by Gasteiger charge is -2.13. The van der Waals surface area contributed by atoms with Crippen LogP contribution in [-0.4, -0.2) is 8.42 Å². The molecule has 0 saturated carbocycles. The Hall–Kier alpha value is -2.61. The first-order valence-electron chi connectivity index (χ1n) is 7.41. The van der Waals surface area contributed by atoms with E-state index in [2.05, 4.69) is 0 Å². The summed E-state index contributed by atoms with van der Waals surface area (Å²) in [4.78, 5) is 0. The number of hydrogen-bond acceptors (Lipinski definition) is 5. The zero-order valence-electron chi connectivity index (χ0n) is 13.0. The van der Waals surface area contributed by atoms with E-state index in [4.69, 9.17) is 14.7 Å². The van der Waals surface area contributed by atoms with E-state index in [0.717, 1.165) is 12.1 Å². The van der Waals surface area contributed by atoms with Crippen molar-refractivity contribution >= 4 is 10.1 Å². The molecule has 5 nitrogen and oxygen atoms in total. The van der Waals surface area contributed by atoms with Gasteiger partial charge < -0.3 is 14.7 Å². The van der Waals surface area contributed by atoms with Crippen LogP contribution in [0.25, 0.3) is 0 Å². The van der Waals surface area contributed by atoms with E-state index in [1.54, 1.807) is 30.3 Å². The van der Waals surface area contributed by atoms with E-state index in [-0.39, 0.29) is 29.4 Å². The smallest absolute Gasteiger partial charge is 0.313 e. The maximum atomic E-state index is 13.8. The Morgan fingerprint density at radius 3 is 2.36 bits per heavy atom. The van der Waals surface area contributed by atoms with Crippen LogP contribution >= 0.6 is 0 Å². The Balaban J connectivity index is 1.75. The lowest BCUT2D eigenvalue weighted by Crippen LogP contribution is -2.10. The molecule has 0 amide bonds. The summed E-state index contributed by atoms with van der Waals surface area (Å²) < 4.78 is 62.2. The van der Waals surface area contributed by atoms with Gasteiger partial charge in [-0.05, 0) is 17.7 Å². The quantitative estimate of drug-likeness (QED) is 0.822. The molecule has 0 saturated heterocycles. The second-order valence-corrected chi connectivity index (χ2v) is 7.08. The summed E-state index contributed by atoms with van der Waals surface area (Å²) in [5.74, 6) is -2.42. The molecule has 2 N–H and O–H groups in total. The Bertz CT molecular complexity index is 893. The zero-order chi connectivity index (χ0) is 18.0. The summed E-state index contributed by atoms with van der Waals surface area (Å²) in [6.45, 7) is 0. The van der Waals surface area contributed by atoms with Gasteiger partial charge >= 0.3 is 10.1 Å². The summed E-state index contributed by atoms with van der Waals surface area (Å²) in [5, 5.41) is 0. The third kappa shape index (κ3) is 3.90. The van der Waals surface area contributed by atoms with Gasteiger partial charge in [-0.2, -0.15) is 8.42 Å². The molecule has 1 unspecified atom stereocenters. The van der Waals surface area contributed by atoms with E-state index in [9.17, 15) is 17.2 Å². The highest BCUT2D eigenvalue weighted by atomic mass is 32.2. The molecule has 0 spiro atoms. The van der Waals surface area contributed by atoms with Crippen molar-refractivity contribution in [3.63, 3.8) is 0 Å². The maximum Gasteiger partial charge on any atom is 0.313 e. The van der Waals surface area contributed by atoms with Crippen LogP contribution < -0.4 is 5.73 Å². The predicted octanol–water partition coefficient (Wildman–Crippen LogP) is 3.10. The number of rotatable bonds is 5. The number of ether oxygens (including phenoxy) is 1. The molecular weight excluding hydrogens is 352 g/mol. The van der Waals surface area contributed by atoms with E-state index in [1.165, 1.54) is 6.07 Å². The average molecular weight is 367 g/mol. The molecule has 2 aromatic rings. The highest BCUT2D eigenvalue weighted by molar-refractivity contribution is 7.86. The molecule has 2 aromatic carbocycles. The number of benzene rings is 2. The van der Waals surface area contributed by atoms with Gasteiger partial charge in [0.2, 0.25) is 5.88 Å². The van der Waals surface area contributed by atoms with Crippen molar-refractivity contribution in [2.45, 2.75) is 18.3 Å². The van der Waals surface area contributed by atoms with Crippen LogP contribution in [0.15, 0.2) is 60.2 Å². The Morgan fingerprint density at radius 1 is 1.08 bits per heavy atom. The molecule has 0 bridgehead atoms. The van der Waals surface area contributed by atoms with Crippen molar-refractivity contribution in [1.29, 1.82) is 0 Å². The van der Waals surface area contributed by atoms with Crippen molar-refractivity contribution < 1.29 is 26.1 Å². The number of halogens is 2. The van der Waals surface area contributed by atoms with E-state index in [1.807, 2.05) is 0 Å². The molecule has 0 radical (unpaired) electrons. The maximum absolute atomic E-state index is 13.8. The predicted molar refractivity (Wildman–Crippen MR) is 86.2 cm³/mol. The van der Waals surface area contributed by atoms with Crippen LogP contribution in [0.1, 0.15) is 23.7 Å². The molecule has 1 aliphatic rings. The van der Waals surface area contributed by atoms with Crippen LogP contribution in [0.5, 0.6) is 0 Å². The minimum absolute atomic E-state index is 0.163. The summed E-state index contributed by atoms with van der Waals surface area (Å²) in [6.07, 6.45) is -1.26. The van der Waals surface area contributed by atoms with E-state index >= 15 is 0 Å². The Morgan fingerprint density at radius 2 is 1.72 bits per heavy atom. The molecular formula is C17H15F2NO4S. The second-order valence-electron chi connectivity index (χ2n) is 5.50. The van der Waals surface area contributed by atoms with Gasteiger partial charge in [0.1, 0.15) is 23.5 Å². The van der Waals surface area contributed by atoms with Crippen LogP contribution in [0.2, 0.25) is 0 Å². The lowest BCUT2D eigenvalue weighted by molar-refractivity contribution is 0.136. The summed E-state index contributed by atoms with van der Waals surface area (Å²) >= 11 is 0. The van der Waals surface area contributed by atoms with Crippen LogP contribution in [0, 0.1) is 11.6 Å². The zero-order valence-corrected chi connectivity index (χ0v) is 13.8. The first-order valence-corrected chi connectivity index (χ1v) is 8.99. The van der Waals surface area contributed by atoms with Gasteiger partial charge in [-0.15, -0.1) is 0 Å². The monoisotopic (exact) mass is 367 g/mol. The topological polar surface area (TPSA) is 78.6 Å². The largest absolute Gasteiger partial charge is 0.468 e. The molecule has 1 atom stereocenters. The molecule has 0 fully saturated rings. The minimum Gasteiger partial charge on any atom is -0.468 e. The fourth-order valence-electron chi connectivity index (χ4n) is 2.55. The highest BCUT2D eigenvalue weighted by Gasteiger charge is 2.33. The van der Waals surface area contributed by atoms with Gasteiger partial charge in [-0.1, -0.05) is 36.4 Å². The molecule has 1 aliphatic heterocycles. The molecule has 25 heavy (non-hydrogen) atoms. The Kier molecular flexibility index (Phi) is 4.63. The SMILES string of the molecule is NC1=C(OS(=O)(=O)Cc2ccccc2)CC(c2c(F)cccc2F)O1. The van der Waals surface area contributed by atoms with E-state index in [0.29, 0.717) is 5.56 Å². The van der Waals surface area contributed by atoms with Crippen molar-refractivity contribution in [3.05, 3.63) is 82.9 Å². The summed E-state index contributed by atoms with van der Waals surface area (Å²) in [5.41, 5.74) is 5.85. The van der Waals surface area contributed by atoms with Crippen molar-refractivity contribution in [1.82, 2.24) is 0 Å². The highest BCUT2D eigenvalue weighted by Crippen LogP contribution is 2.37. The van der Waals surface area contributed by atoms with Gasteiger partial charge in [0, 0.05) is 0 Å². The van der Waals surface area contributed by atoms with Gasteiger partial charge in [0.25, 0.3) is 0 Å². The number of hydrogen-bond donors (Lipinski definition) is 1. The third-order valence-corrected chi connectivity index (χ3v) is 4.79. The van der Waals surface area contributed by atoms with Crippen molar-refractivity contribution in [3.8, 4) is 0 Å². The van der Waals surface area contributed by atoms with Gasteiger partial charge in [0.05, 0.1) is 12.0 Å². The standard InChI is InChI=1S/C17H15F2NO4S/c18-12-7-4-8-13(19)16(12)14-9-15(17(20)23-14)24-25(21,22)10-11-5-2-1-3-6-11/h1-8,14H,9-10,20H2. The molecule has 132 valence electrons. The normalized spacial score (nSPS) is 17.4. The fourth-order valence-corrected chi connectivity index (χ4v) is 3.66. The molecule has 0 aromatic heterocycles. The van der Waals surface area contributed by atoms with Gasteiger partial charge in [0.15, 0.2) is 5.76 Å². The molecule has 8 heteroatoms. The average Bonchev–Trinajstić information content (AvgIpc) is 2.87. The first kappa shape index (κ1) is 17.2. The number of nitrogens with two attached hydrogens (primary N) is 1. The van der Waals surface area contributed by atoms with Crippen LogP contribution in [-0.2, 0) is 24.8 Å². The Labute approximate surface area is 143 Å². The fraction of sp³-hybridized carbons (Fsp3) is 0.176. The molecule has 3 rings (SSSR count). The summed E-state index contributed by atoms with van der Waals surface area (Å²) in [6, 6.07) is 11.8. The van der Waals surface area contributed by atoms with E-state index < -0.39 is 27.9 Å². The van der Waals surface area contributed by atoms with Crippen molar-refractivity contribution in [2.24, 2.45) is 5.73 Å². The summed E-state index contributed by atoms with van der Waals surface area (Å²) in [7, 11) is -3.98. The van der Waals surface area contributed by atoms with Gasteiger partial charge in [-0.3, -0.25) is 0 Å². The lowest BCUT2D eigenvalue weighted by atomic mass is 10.1. The van der Waals surface area contributed by atoms with Crippen LogP contribution in [0.4, 0.5) is 8.78 Å². The van der Waals surface area contributed by atoms with Crippen molar-refractivity contribution in [2.75, 3.05) is 0 Å². The molecule has 1 heterocycles. The van der Waals surface area contributed by atoms with Crippen LogP contribution in [0.3, 0.4) is 0 Å². The molecule has 0 aliphatic carbocycles. The minimum atomic E-state index is -3.98. The second kappa shape index (κ2) is 6.72.